The molecule has 2 aliphatic heterocycles. The van der Waals surface area contributed by atoms with Crippen molar-refractivity contribution in [1.29, 1.82) is 0 Å². The molecular formula is C24H35N5O6. The van der Waals surface area contributed by atoms with Crippen LogP contribution < -0.4 is 20.1 Å². The van der Waals surface area contributed by atoms with Crippen LogP contribution in [0, 0.1) is 0 Å². The molecule has 0 saturated carbocycles. The van der Waals surface area contributed by atoms with E-state index in [-0.39, 0.29) is 18.7 Å². The average Bonchev–Trinajstić information content (AvgIpc) is 2.86. The quantitative estimate of drug-likeness (QED) is 0.533. The van der Waals surface area contributed by atoms with Crippen molar-refractivity contribution in [3.63, 3.8) is 0 Å². The first kappa shape index (κ1) is 26.1. The van der Waals surface area contributed by atoms with Gasteiger partial charge >= 0.3 is 18.0 Å². The molecule has 0 aliphatic carbocycles. The maximum atomic E-state index is 13.2. The molecule has 1 atom stereocenters. The first-order valence-corrected chi connectivity index (χ1v) is 11.8. The van der Waals surface area contributed by atoms with Crippen molar-refractivity contribution in [2.45, 2.75) is 19.9 Å². The van der Waals surface area contributed by atoms with Crippen molar-refractivity contribution < 1.29 is 28.6 Å². The normalized spacial score (nSPS) is 18.8. The van der Waals surface area contributed by atoms with Gasteiger partial charge < -0.3 is 29.7 Å². The minimum atomic E-state index is -0.783. The topological polar surface area (TPSA) is 113 Å². The van der Waals surface area contributed by atoms with E-state index in [2.05, 4.69) is 15.5 Å². The number of carbonyl (C=O) groups is 3. The van der Waals surface area contributed by atoms with E-state index >= 15 is 0 Å². The highest BCUT2D eigenvalue weighted by atomic mass is 16.5. The van der Waals surface area contributed by atoms with Crippen LogP contribution >= 0.6 is 0 Å². The third-order valence-electron chi connectivity index (χ3n) is 6.18. The Morgan fingerprint density at radius 3 is 2.43 bits per heavy atom. The molecule has 1 saturated heterocycles. The lowest BCUT2D eigenvalue weighted by Crippen LogP contribution is -2.54. The van der Waals surface area contributed by atoms with Crippen LogP contribution in [-0.4, -0.2) is 99.9 Å². The number of esters is 1. The summed E-state index contributed by atoms with van der Waals surface area (Å²) in [5.41, 5.74) is 1.48. The minimum absolute atomic E-state index is 0.0853. The summed E-state index contributed by atoms with van der Waals surface area (Å²) in [7, 11) is 4.68. The summed E-state index contributed by atoms with van der Waals surface area (Å²) in [6.07, 6.45) is 0. The van der Waals surface area contributed by atoms with E-state index < -0.39 is 12.0 Å². The van der Waals surface area contributed by atoms with Gasteiger partial charge in [0.1, 0.15) is 0 Å². The molecule has 1 aromatic carbocycles. The summed E-state index contributed by atoms with van der Waals surface area (Å²) in [5.74, 6) is 0.413. The lowest BCUT2D eigenvalue weighted by atomic mass is 9.93. The lowest BCUT2D eigenvalue weighted by Gasteiger charge is -2.39. The van der Waals surface area contributed by atoms with E-state index in [1.807, 2.05) is 6.92 Å². The van der Waals surface area contributed by atoms with Crippen LogP contribution in [0.1, 0.15) is 25.5 Å². The standard InChI is InChI=1S/C24H35N5O6/c1-6-25-23(31)29-13-11-28(12-14-29)15-17-19(22(30)35-7-2)20(26-24(32)27(17)3)16-9-8-10-18(33-4)21(16)34-5/h8-10,20H,6-7,11-15H2,1-5H3,(H,25,31)(H,26,32)/t20-/m1/s1. The molecule has 192 valence electrons. The van der Waals surface area contributed by atoms with Gasteiger partial charge in [-0.25, -0.2) is 14.4 Å². The number of piperazine rings is 1. The van der Waals surface area contributed by atoms with Crippen LogP contribution in [0.4, 0.5) is 9.59 Å². The summed E-state index contributed by atoms with van der Waals surface area (Å²) < 4.78 is 16.4. The predicted octanol–water partition coefficient (Wildman–Crippen LogP) is 1.56. The SMILES string of the molecule is CCNC(=O)N1CCN(CC2=C(C(=O)OCC)[C@@H](c3cccc(OC)c3OC)NC(=O)N2C)CC1. The summed E-state index contributed by atoms with van der Waals surface area (Å²) in [6, 6.07) is 4.11. The van der Waals surface area contributed by atoms with E-state index in [1.54, 1.807) is 37.1 Å². The fourth-order valence-corrected chi connectivity index (χ4v) is 4.35. The third-order valence-corrected chi connectivity index (χ3v) is 6.18. The van der Waals surface area contributed by atoms with Crippen LogP contribution in [0.25, 0.3) is 0 Å². The fourth-order valence-electron chi connectivity index (χ4n) is 4.35. The molecule has 0 bridgehead atoms. The number of para-hydroxylation sites is 1. The Labute approximate surface area is 206 Å². The molecule has 35 heavy (non-hydrogen) atoms. The zero-order chi connectivity index (χ0) is 25.5. The smallest absolute Gasteiger partial charge is 0.338 e. The van der Waals surface area contributed by atoms with E-state index in [0.717, 1.165) is 0 Å². The van der Waals surface area contributed by atoms with Gasteiger partial charge in [-0.3, -0.25) is 9.80 Å². The van der Waals surface area contributed by atoms with E-state index in [0.29, 0.717) is 67.6 Å². The van der Waals surface area contributed by atoms with Crippen molar-refractivity contribution in [3.05, 3.63) is 35.0 Å². The van der Waals surface area contributed by atoms with Gasteiger partial charge in [0.2, 0.25) is 0 Å². The van der Waals surface area contributed by atoms with Gasteiger partial charge in [0.05, 0.1) is 32.4 Å². The zero-order valence-electron chi connectivity index (χ0n) is 21.1. The van der Waals surface area contributed by atoms with Crippen LogP contribution in [0.15, 0.2) is 29.5 Å². The Balaban J connectivity index is 1.98. The van der Waals surface area contributed by atoms with Crippen LogP contribution in [0.3, 0.4) is 0 Å². The van der Waals surface area contributed by atoms with E-state index in [1.165, 1.54) is 19.1 Å². The Kier molecular flexibility index (Phi) is 8.80. The molecule has 0 spiro atoms. The highest BCUT2D eigenvalue weighted by Crippen LogP contribution is 2.40. The number of hydrogen-bond acceptors (Lipinski definition) is 7. The number of urea groups is 2. The number of nitrogens with one attached hydrogen (secondary N) is 2. The molecular weight excluding hydrogens is 454 g/mol. The van der Waals surface area contributed by atoms with Crippen LogP contribution in [0.5, 0.6) is 11.5 Å². The molecule has 3 rings (SSSR count). The van der Waals surface area contributed by atoms with Gasteiger partial charge in [0.15, 0.2) is 11.5 Å². The molecule has 0 radical (unpaired) electrons. The maximum Gasteiger partial charge on any atom is 0.338 e. The molecule has 1 fully saturated rings. The summed E-state index contributed by atoms with van der Waals surface area (Å²) in [5, 5.41) is 5.73. The van der Waals surface area contributed by atoms with E-state index in [9.17, 15) is 14.4 Å². The second-order valence-corrected chi connectivity index (χ2v) is 8.20. The zero-order valence-corrected chi connectivity index (χ0v) is 21.1. The highest BCUT2D eigenvalue weighted by molar-refractivity contribution is 5.95. The van der Waals surface area contributed by atoms with E-state index in [4.69, 9.17) is 14.2 Å². The van der Waals surface area contributed by atoms with Crippen molar-refractivity contribution in [2.75, 3.05) is 67.1 Å². The Hall–Kier alpha value is -3.47. The number of nitrogens with zero attached hydrogens (tertiary/aromatic N) is 3. The molecule has 11 nitrogen and oxygen atoms in total. The molecule has 4 amide bonds. The number of ether oxygens (including phenoxy) is 3. The van der Waals surface area contributed by atoms with Gasteiger partial charge in [-0.2, -0.15) is 0 Å². The Bertz CT molecular complexity index is 973. The number of hydrogen-bond donors (Lipinski definition) is 2. The number of methoxy groups -OCH3 is 2. The molecule has 1 aromatic rings. The summed E-state index contributed by atoms with van der Waals surface area (Å²) in [4.78, 5) is 43.7. The van der Waals surface area contributed by atoms with Gasteiger partial charge in [-0.15, -0.1) is 0 Å². The highest BCUT2D eigenvalue weighted by Gasteiger charge is 2.39. The molecule has 0 aromatic heterocycles. The Morgan fingerprint density at radius 1 is 1.11 bits per heavy atom. The Morgan fingerprint density at radius 2 is 1.83 bits per heavy atom. The van der Waals surface area contributed by atoms with Gasteiger partial charge in [0, 0.05) is 57.6 Å². The fraction of sp³-hybridized carbons (Fsp3) is 0.542. The van der Waals surface area contributed by atoms with Gasteiger partial charge in [-0.05, 0) is 19.9 Å². The second kappa shape index (κ2) is 11.8. The number of likely N-dealkylation sites (N-methyl/N-ethyl adjacent to an activating group) is 1. The second-order valence-electron chi connectivity index (χ2n) is 8.20. The first-order chi connectivity index (χ1) is 16.9. The monoisotopic (exact) mass is 489 g/mol. The minimum Gasteiger partial charge on any atom is -0.493 e. The average molecular weight is 490 g/mol. The summed E-state index contributed by atoms with van der Waals surface area (Å²) in [6.45, 7) is 7.07. The van der Waals surface area contributed by atoms with Gasteiger partial charge in [-0.1, -0.05) is 12.1 Å². The van der Waals surface area contributed by atoms with Crippen molar-refractivity contribution in [1.82, 2.24) is 25.3 Å². The molecule has 2 aliphatic rings. The summed E-state index contributed by atoms with van der Waals surface area (Å²) >= 11 is 0. The van der Waals surface area contributed by atoms with Crippen LogP contribution in [-0.2, 0) is 9.53 Å². The first-order valence-electron chi connectivity index (χ1n) is 11.8. The molecule has 2 heterocycles. The van der Waals surface area contributed by atoms with Crippen molar-refractivity contribution in [2.24, 2.45) is 0 Å². The lowest BCUT2D eigenvalue weighted by molar-refractivity contribution is -0.139. The number of rotatable bonds is 8. The van der Waals surface area contributed by atoms with Crippen molar-refractivity contribution in [3.8, 4) is 11.5 Å². The largest absolute Gasteiger partial charge is 0.493 e. The predicted molar refractivity (Wildman–Crippen MR) is 129 cm³/mol. The van der Waals surface area contributed by atoms with Gasteiger partial charge in [0.25, 0.3) is 0 Å². The molecule has 2 N–H and O–H groups in total. The number of amides is 4. The maximum absolute atomic E-state index is 13.2. The molecule has 11 heteroatoms. The number of carbonyl (C=O) groups excluding carboxylic acids is 3. The van der Waals surface area contributed by atoms with Crippen molar-refractivity contribution >= 4 is 18.0 Å². The molecule has 0 unspecified atom stereocenters. The number of benzene rings is 1. The third kappa shape index (κ3) is 5.61. The van der Waals surface area contributed by atoms with Crippen LogP contribution in [0.2, 0.25) is 0 Å².